The van der Waals surface area contributed by atoms with Gasteiger partial charge in [0.2, 0.25) is 5.91 Å². The quantitative estimate of drug-likeness (QED) is 0.436. The Morgan fingerprint density at radius 3 is 2.23 bits per heavy atom. The first-order chi connectivity index (χ1) is 16.8. The second-order valence-corrected chi connectivity index (χ2v) is 9.13. The van der Waals surface area contributed by atoms with Crippen LogP contribution in [0.5, 0.6) is 0 Å². The van der Waals surface area contributed by atoms with E-state index in [1.807, 2.05) is 26.0 Å². The lowest BCUT2D eigenvalue weighted by Gasteiger charge is -2.09. The van der Waals surface area contributed by atoms with E-state index in [2.05, 4.69) is 10.1 Å². The number of aryl methyl sites for hydroxylation is 2. The summed E-state index contributed by atoms with van der Waals surface area (Å²) in [5.41, 5.74) is 6.25. The highest BCUT2D eigenvalue weighted by molar-refractivity contribution is 8.14. The molecule has 0 bridgehead atoms. The summed E-state index contributed by atoms with van der Waals surface area (Å²) in [5, 5.41) is 3.57. The molecular weight excluding hydrogens is 465 g/mol. The SMILES string of the molecule is COC(=O)c1ccc(NC(=O)CSC2=Nc3cc(C)c(C)cc3N=C(c3ccc(F)cc3)C2)cc1. The molecule has 0 aromatic heterocycles. The van der Waals surface area contributed by atoms with E-state index in [1.165, 1.54) is 31.0 Å². The van der Waals surface area contributed by atoms with E-state index in [9.17, 15) is 14.0 Å². The molecule has 178 valence electrons. The molecule has 1 amide bonds. The van der Waals surface area contributed by atoms with E-state index >= 15 is 0 Å². The summed E-state index contributed by atoms with van der Waals surface area (Å²) < 4.78 is 18.2. The molecule has 0 unspecified atom stereocenters. The van der Waals surface area contributed by atoms with Crippen molar-refractivity contribution in [1.29, 1.82) is 0 Å². The first kappa shape index (κ1) is 24.3. The number of esters is 1. The summed E-state index contributed by atoms with van der Waals surface area (Å²) in [4.78, 5) is 33.8. The van der Waals surface area contributed by atoms with Crippen LogP contribution in [0.4, 0.5) is 21.5 Å². The van der Waals surface area contributed by atoms with E-state index < -0.39 is 5.97 Å². The van der Waals surface area contributed by atoms with Gasteiger partial charge in [0, 0.05) is 12.1 Å². The first-order valence-corrected chi connectivity index (χ1v) is 11.9. The Bertz CT molecular complexity index is 1330. The Balaban J connectivity index is 1.52. The van der Waals surface area contributed by atoms with Crippen molar-refractivity contribution in [3.05, 3.63) is 88.7 Å². The van der Waals surface area contributed by atoms with Crippen molar-refractivity contribution < 1.29 is 18.7 Å². The van der Waals surface area contributed by atoms with Gasteiger partial charge >= 0.3 is 5.97 Å². The lowest BCUT2D eigenvalue weighted by atomic mass is 10.1. The number of anilines is 1. The Morgan fingerprint density at radius 2 is 1.60 bits per heavy atom. The molecule has 1 aliphatic heterocycles. The zero-order valence-corrected chi connectivity index (χ0v) is 20.4. The molecule has 0 aliphatic carbocycles. The van der Waals surface area contributed by atoms with Gasteiger partial charge < -0.3 is 10.1 Å². The molecular formula is C27H24FN3O3S. The number of carbonyl (C=O) groups excluding carboxylic acids is 2. The molecule has 1 heterocycles. The predicted octanol–water partition coefficient (Wildman–Crippen LogP) is 6.16. The Kier molecular flexibility index (Phi) is 7.41. The van der Waals surface area contributed by atoms with Gasteiger partial charge in [-0.2, -0.15) is 0 Å². The molecule has 0 saturated carbocycles. The molecule has 3 aromatic rings. The number of nitrogens with zero attached hydrogens (tertiary/aromatic N) is 2. The van der Waals surface area contributed by atoms with Crippen molar-refractivity contribution in [1.82, 2.24) is 0 Å². The molecule has 0 atom stereocenters. The number of carbonyl (C=O) groups is 2. The minimum Gasteiger partial charge on any atom is -0.465 e. The molecule has 4 rings (SSSR count). The zero-order valence-electron chi connectivity index (χ0n) is 19.6. The van der Waals surface area contributed by atoms with Crippen LogP contribution in [0.2, 0.25) is 0 Å². The fourth-order valence-corrected chi connectivity index (χ4v) is 4.28. The highest BCUT2D eigenvalue weighted by Crippen LogP contribution is 2.36. The third-order valence-electron chi connectivity index (χ3n) is 5.55. The maximum Gasteiger partial charge on any atom is 0.337 e. The second kappa shape index (κ2) is 10.7. The van der Waals surface area contributed by atoms with Crippen molar-refractivity contribution in [3.63, 3.8) is 0 Å². The number of amides is 1. The number of benzene rings is 3. The van der Waals surface area contributed by atoms with Crippen LogP contribution in [0, 0.1) is 19.7 Å². The van der Waals surface area contributed by atoms with E-state index in [-0.39, 0.29) is 17.5 Å². The van der Waals surface area contributed by atoms with Gasteiger partial charge in [-0.15, -0.1) is 11.8 Å². The van der Waals surface area contributed by atoms with Crippen LogP contribution in [0.15, 0.2) is 70.6 Å². The third-order valence-corrected chi connectivity index (χ3v) is 6.52. The van der Waals surface area contributed by atoms with Crippen molar-refractivity contribution >= 4 is 51.5 Å². The lowest BCUT2D eigenvalue weighted by molar-refractivity contribution is -0.113. The maximum absolute atomic E-state index is 13.5. The fourth-order valence-electron chi connectivity index (χ4n) is 3.51. The number of rotatable bonds is 5. The number of ether oxygens (including phenoxy) is 1. The van der Waals surface area contributed by atoms with Crippen molar-refractivity contribution in [3.8, 4) is 0 Å². The summed E-state index contributed by atoms with van der Waals surface area (Å²) in [6.45, 7) is 4.04. The highest BCUT2D eigenvalue weighted by atomic mass is 32.2. The molecule has 0 spiro atoms. The van der Waals surface area contributed by atoms with Gasteiger partial charge in [0.05, 0.1) is 40.6 Å². The monoisotopic (exact) mass is 489 g/mol. The van der Waals surface area contributed by atoms with E-state index in [0.29, 0.717) is 17.7 Å². The van der Waals surface area contributed by atoms with E-state index in [0.717, 1.165) is 38.8 Å². The van der Waals surface area contributed by atoms with Gasteiger partial charge in [-0.3, -0.25) is 9.79 Å². The van der Waals surface area contributed by atoms with Gasteiger partial charge in [0.1, 0.15) is 5.82 Å². The van der Waals surface area contributed by atoms with E-state index in [4.69, 9.17) is 9.98 Å². The van der Waals surface area contributed by atoms with E-state index in [1.54, 1.807) is 36.4 Å². The molecule has 35 heavy (non-hydrogen) atoms. The molecule has 8 heteroatoms. The normalized spacial score (nSPS) is 12.7. The minimum atomic E-state index is -0.436. The topological polar surface area (TPSA) is 80.1 Å². The average Bonchev–Trinajstić information content (AvgIpc) is 3.02. The molecule has 6 nitrogen and oxygen atoms in total. The first-order valence-electron chi connectivity index (χ1n) is 11.0. The number of nitrogens with one attached hydrogen (secondary N) is 1. The van der Waals surface area contributed by atoms with Crippen LogP contribution in [0.3, 0.4) is 0 Å². The van der Waals surface area contributed by atoms with Gasteiger partial charge in [0.25, 0.3) is 0 Å². The third kappa shape index (κ3) is 6.02. The number of thioether (sulfide) groups is 1. The average molecular weight is 490 g/mol. The van der Waals surface area contributed by atoms with Crippen LogP contribution >= 0.6 is 11.8 Å². The number of aliphatic imine (C=N–C) groups is 2. The predicted molar refractivity (Wildman–Crippen MR) is 139 cm³/mol. The van der Waals surface area contributed by atoms with Crippen molar-refractivity contribution in [2.24, 2.45) is 9.98 Å². The minimum absolute atomic E-state index is 0.147. The smallest absolute Gasteiger partial charge is 0.337 e. The molecule has 1 aliphatic rings. The van der Waals surface area contributed by atoms with Gasteiger partial charge in [-0.1, -0.05) is 12.1 Å². The van der Waals surface area contributed by atoms with Crippen LogP contribution in [-0.2, 0) is 9.53 Å². The number of hydrogen-bond donors (Lipinski definition) is 1. The van der Waals surface area contributed by atoms with Crippen LogP contribution < -0.4 is 5.32 Å². The van der Waals surface area contributed by atoms with Crippen molar-refractivity contribution in [2.45, 2.75) is 20.3 Å². The van der Waals surface area contributed by atoms with Gasteiger partial charge in [0.15, 0.2) is 0 Å². The Morgan fingerprint density at radius 1 is 0.971 bits per heavy atom. The summed E-state index contributed by atoms with van der Waals surface area (Å²) >= 11 is 1.33. The standard InChI is InChI=1S/C27H24FN3O3S/c1-16-12-23-24(13-17(16)2)31-26(14-22(30-23)18-4-8-20(28)9-5-18)35-15-25(32)29-21-10-6-19(7-11-21)27(33)34-3/h4-13H,14-15H2,1-3H3,(H,29,32). The number of halogens is 1. The number of methoxy groups -OCH3 is 1. The molecule has 0 radical (unpaired) electrons. The molecule has 0 fully saturated rings. The maximum atomic E-state index is 13.5. The molecule has 1 N–H and O–H groups in total. The van der Waals surface area contributed by atoms with Crippen LogP contribution in [0.1, 0.15) is 33.5 Å². The lowest BCUT2D eigenvalue weighted by Crippen LogP contribution is -2.16. The number of hydrogen-bond acceptors (Lipinski definition) is 6. The highest BCUT2D eigenvalue weighted by Gasteiger charge is 2.18. The van der Waals surface area contributed by atoms with Crippen molar-refractivity contribution in [2.75, 3.05) is 18.2 Å². The summed E-state index contributed by atoms with van der Waals surface area (Å²) in [7, 11) is 1.32. The van der Waals surface area contributed by atoms with Crippen LogP contribution in [-0.4, -0.2) is 35.5 Å². The van der Waals surface area contributed by atoms with Crippen LogP contribution in [0.25, 0.3) is 0 Å². The zero-order chi connectivity index (χ0) is 24.9. The summed E-state index contributed by atoms with van der Waals surface area (Å²) in [6.07, 6.45) is 0.421. The summed E-state index contributed by atoms with van der Waals surface area (Å²) in [5.74, 6) is -0.800. The fraction of sp³-hybridized carbons (Fsp3) is 0.185. The Hall–Kier alpha value is -3.78. The summed E-state index contributed by atoms with van der Waals surface area (Å²) in [6, 6.07) is 16.7. The molecule has 0 saturated heterocycles. The van der Waals surface area contributed by atoms with Gasteiger partial charge in [-0.05, 0) is 79.1 Å². The molecule has 3 aromatic carbocycles. The Labute approximate surface area is 207 Å². The largest absolute Gasteiger partial charge is 0.465 e. The second-order valence-electron chi connectivity index (χ2n) is 8.08. The van der Waals surface area contributed by atoms with Gasteiger partial charge in [-0.25, -0.2) is 14.2 Å². The number of fused-ring (bicyclic) bond motifs is 1.